The number of carbonyl (C=O) groups is 2. The number of likely N-dealkylation sites (tertiary alicyclic amines) is 1. The van der Waals surface area contributed by atoms with Gasteiger partial charge in [0.05, 0.1) is 18.4 Å². The fourth-order valence-electron chi connectivity index (χ4n) is 3.52. The average Bonchev–Trinajstić information content (AvgIpc) is 3.12. The summed E-state index contributed by atoms with van der Waals surface area (Å²) in [4.78, 5) is 25.5. The SMILES string of the molecule is CC(C)N1CCCC1Cn1cc(NC2CCC(=O)NC2=O)cn1. The minimum Gasteiger partial charge on any atom is -0.371 e. The number of anilines is 1. The van der Waals surface area contributed by atoms with Crippen molar-refractivity contribution < 1.29 is 9.59 Å². The summed E-state index contributed by atoms with van der Waals surface area (Å²) in [5, 5.41) is 9.94. The lowest BCUT2D eigenvalue weighted by atomic mass is 10.1. The molecule has 1 aromatic heterocycles. The molecule has 0 aromatic carbocycles. The smallest absolute Gasteiger partial charge is 0.249 e. The molecule has 126 valence electrons. The predicted octanol–water partition coefficient (Wildman–Crippen LogP) is 0.973. The third-order valence-electron chi connectivity index (χ3n) is 4.70. The van der Waals surface area contributed by atoms with Gasteiger partial charge < -0.3 is 5.32 Å². The van der Waals surface area contributed by atoms with E-state index in [-0.39, 0.29) is 17.9 Å². The second-order valence-corrected chi connectivity index (χ2v) is 6.73. The van der Waals surface area contributed by atoms with Gasteiger partial charge in [-0.1, -0.05) is 0 Å². The van der Waals surface area contributed by atoms with Crippen LogP contribution in [0, 0.1) is 0 Å². The van der Waals surface area contributed by atoms with E-state index in [1.165, 1.54) is 12.8 Å². The number of imide groups is 1. The van der Waals surface area contributed by atoms with Gasteiger partial charge >= 0.3 is 0 Å². The van der Waals surface area contributed by atoms with Gasteiger partial charge in [0.2, 0.25) is 11.8 Å². The number of aromatic nitrogens is 2. The molecule has 0 bridgehead atoms. The molecule has 2 aliphatic heterocycles. The van der Waals surface area contributed by atoms with Gasteiger partial charge in [-0.3, -0.25) is 24.5 Å². The predicted molar refractivity (Wildman–Crippen MR) is 86.9 cm³/mol. The summed E-state index contributed by atoms with van der Waals surface area (Å²) in [7, 11) is 0. The quantitative estimate of drug-likeness (QED) is 0.791. The first kappa shape index (κ1) is 16.0. The number of rotatable bonds is 5. The van der Waals surface area contributed by atoms with Crippen LogP contribution < -0.4 is 10.6 Å². The van der Waals surface area contributed by atoms with Crippen molar-refractivity contribution in [3.8, 4) is 0 Å². The minimum atomic E-state index is -0.357. The number of piperidine rings is 1. The molecule has 0 saturated carbocycles. The summed E-state index contributed by atoms with van der Waals surface area (Å²) in [6.45, 7) is 6.49. The third kappa shape index (κ3) is 3.72. The molecule has 3 heterocycles. The van der Waals surface area contributed by atoms with Gasteiger partial charge in [0.15, 0.2) is 0 Å². The lowest BCUT2D eigenvalue weighted by Crippen LogP contribution is -2.47. The Morgan fingerprint density at radius 1 is 1.39 bits per heavy atom. The van der Waals surface area contributed by atoms with Crippen molar-refractivity contribution in [2.45, 2.75) is 64.2 Å². The lowest BCUT2D eigenvalue weighted by Gasteiger charge is -2.28. The van der Waals surface area contributed by atoms with E-state index in [2.05, 4.69) is 34.5 Å². The Kier molecular flexibility index (Phi) is 4.66. The summed E-state index contributed by atoms with van der Waals surface area (Å²) in [6.07, 6.45) is 7.04. The van der Waals surface area contributed by atoms with E-state index >= 15 is 0 Å². The van der Waals surface area contributed by atoms with Gasteiger partial charge in [-0.05, 0) is 39.7 Å². The van der Waals surface area contributed by atoms with Crippen LogP contribution in [0.2, 0.25) is 0 Å². The molecular weight excluding hydrogens is 294 g/mol. The zero-order valence-corrected chi connectivity index (χ0v) is 13.8. The molecule has 2 unspecified atom stereocenters. The van der Waals surface area contributed by atoms with Crippen LogP contribution >= 0.6 is 0 Å². The van der Waals surface area contributed by atoms with Crippen LogP contribution in [0.1, 0.15) is 39.5 Å². The number of hydrogen-bond acceptors (Lipinski definition) is 5. The summed E-state index contributed by atoms with van der Waals surface area (Å²) < 4.78 is 1.94. The highest BCUT2D eigenvalue weighted by atomic mass is 16.2. The van der Waals surface area contributed by atoms with E-state index in [4.69, 9.17) is 0 Å². The lowest BCUT2D eigenvalue weighted by molar-refractivity contribution is -0.133. The van der Waals surface area contributed by atoms with Crippen LogP contribution in [0.15, 0.2) is 12.4 Å². The van der Waals surface area contributed by atoms with Crippen molar-refractivity contribution in [2.24, 2.45) is 0 Å². The molecule has 0 radical (unpaired) electrons. The molecule has 7 heteroatoms. The molecule has 2 aliphatic rings. The molecule has 2 atom stereocenters. The van der Waals surface area contributed by atoms with Crippen LogP contribution in [-0.2, 0) is 16.1 Å². The Morgan fingerprint density at radius 3 is 2.96 bits per heavy atom. The molecule has 23 heavy (non-hydrogen) atoms. The van der Waals surface area contributed by atoms with E-state index in [9.17, 15) is 9.59 Å². The van der Waals surface area contributed by atoms with Crippen molar-refractivity contribution in [2.75, 3.05) is 11.9 Å². The number of amides is 2. The Balaban J connectivity index is 1.58. The maximum atomic E-state index is 11.8. The molecule has 0 aliphatic carbocycles. The molecule has 1 aromatic rings. The summed E-state index contributed by atoms with van der Waals surface area (Å²) in [6, 6.07) is 0.724. The standard InChI is InChI=1S/C16H25N5O2/c1-11(2)21-7-3-4-13(21)10-20-9-12(8-17-20)18-14-5-6-15(22)19-16(14)23/h8-9,11,13-14,18H,3-7,10H2,1-2H3,(H,19,22,23). The first-order valence-corrected chi connectivity index (χ1v) is 8.41. The van der Waals surface area contributed by atoms with Gasteiger partial charge in [-0.25, -0.2) is 0 Å². The molecule has 2 N–H and O–H groups in total. The largest absolute Gasteiger partial charge is 0.371 e. The normalized spacial score (nSPS) is 25.9. The van der Waals surface area contributed by atoms with Crippen molar-refractivity contribution in [1.29, 1.82) is 0 Å². The number of nitrogens with one attached hydrogen (secondary N) is 2. The van der Waals surface area contributed by atoms with Crippen LogP contribution in [-0.4, -0.2) is 51.2 Å². The van der Waals surface area contributed by atoms with Gasteiger partial charge in [0.25, 0.3) is 0 Å². The second kappa shape index (κ2) is 6.70. The van der Waals surface area contributed by atoms with Crippen molar-refractivity contribution in [3.63, 3.8) is 0 Å². The molecule has 2 amide bonds. The average molecular weight is 319 g/mol. The zero-order chi connectivity index (χ0) is 16.4. The van der Waals surface area contributed by atoms with Crippen LogP contribution in [0.3, 0.4) is 0 Å². The maximum Gasteiger partial charge on any atom is 0.249 e. The first-order valence-electron chi connectivity index (χ1n) is 8.41. The van der Waals surface area contributed by atoms with Gasteiger partial charge in [-0.15, -0.1) is 0 Å². The molecule has 2 saturated heterocycles. The Bertz CT molecular complexity index is 583. The number of nitrogens with zero attached hydrogens (tertiary/aromatic N) is 3. The first-order chi connectivity index (χ1) is 11.0. The topological polar surface area (TPSA) is 79.3 Å². The highest BCUT2D eigenvalue weighted by molar-refractivity contribution is 6.01. The maximum absolute atomic E-state index is 11.8. The Labute approximate surface area is 136 Å². The van der Waals surface area contributed by atoms with Crippen molar-refractivity contribution in [3.05, 3.63) is 12.4 Å². The third-order valence-corrected chi connectivity index (χ3v) is 4.70. The summed E-state index contributed by atoms with van der Waals surface area (Å²) in [5.74, 6) is -0.450. The molecular formula is C16H25N5O2. The molecule has 7 nitrogen and oxygen atoms in total. The van der Waals surface area contributed by atoms with Gasteiger partial charge in [0.1, 0.15) is 6.04 Å². The Morgan fingerprint density at radius 2 is 2.22 bits per heavy atom. The number of hydrogen-bond donors (Lipinski definition) is 2. The van der Waals surface area contributed by atoms with Crippen molar-refractivity contribution >= 4 is 17.5 Å². The second-order valence-electron chi connectivity index (χ2n) is 6.73. The monoisotopic (exact) mass is 319 g/mol. The highest BCUT2D eigenvalue weighted by Gasteiger charge is 2.28. The summed E-state index contributed by atoms with van der Waals surface area (Å²) in [5.41, 5.74) is 0.827. The van der Waals surface area contributed by atoms with Crippen molar-refractivity contribution in [1.82, 2.24) is 20.0 Å². The molecule has 0 spiro atoms. The minimum absolute atomic E-state index is 0.196. The van der Waals surface area contributed by atoms with Crippen LogP contribution in [0.25, 0.3) is 0 Å². The summed E-state index contributed by atoms with van der Waals surface area (Å²) >= 11 is 0. The van der Waals surface area contributed by atoms with E-state index in [1.54, 1.807) is 6.20 Å². The van der Waals surface area contributed by atoms with Gasteiger partial charge in [0, 0.05) is 24.7 Å². The fraction of sp³-hybridized carbons (Fsp3) is 0.688. The fourth-order valence-corrected chi connectivity index (χ4v) is 3.52. The molecule has 3 rings (SSSR count). The van der Waals surface area contributed by atoms with Crippen LogP contribution in [0.4, 0.5) is 5.69 Å². The van der Waals surface area contributed by atoms with E-state index in [1.807, 2.05) is 10.9 Å². The van der Waals surface area contributed by atoms with E-state index < -0.39 is 0 Å². The number of carbonyl (C=O) groups excluding carboxylic acids is 2. The molecule has 2 fully saturated rings. The van der Waals surface area contributed by atoms with E-state index in [0.29, 0.717) is 24.9 Å². The van der Waals surface area contributed by atoms with Gasteiger partial charge in [-0.2, -0.15) is 5.10 Å². The zero-order valence-electron chi connectivity index (χ0n) is 13.8. The van der Waals surface area contributed by atoms with E-state index in [0.717, 1.165) is 18.8 Å². The van der Waals surface area contributed by atoms with Crippen LogP contribution in [0.5, 0.6) is 0 Å². The highest BCUT2D eigenvalue weighted by Crippen LogP contribution is 2.22. The Hall–Kier alpha value is -1.89.